The van der Waals surface area contributed by atoms with Crippen molar-refractivity contribution in [2.45, 2.75) is 19.3 Å². The molecule has 1 N–H and O–H groups in total. The highest BCUT2D eigenvalue weighted by molar-refractivity contribution is 5.96. The minimum Gasteiger partial charge on any atom is -0.497 e. The zero-order chi connectivity index (χ0) is 18.8. The van der Waals surface area contributed by atoms with Crippen LogP contribution in [0.2, 0.25) is 0 Å². The summed E-state index contributed by atoms with van der Waals surface area (Å²) in [6.45, 7) is 1.07. The van der Waals surface area contributed by atoms with Gasteiger partial charge in [-0.15, -0.1) is 0 Å². The number of nitrogens with one attached hydrogen (secondary N) is 1. The predicted octanol–water partition coefficient (Wildman–Crippen LogP) is 1.84. The average molecular weight is 355 g/mol. The number of carbonyl (C=O) groups is 2. The third-order valence-electron chi connectivity index (χ3n) is 4.12. The van der Waals surface area contributed by atoms with Crippen molar-refractivity contribution < 1.29 is 14.3 Å². The summed E-state index contributed by atoms with van der Waals surface area (Å²) >= 11 is 0. The summed E-state index contributed by atoms with van der Waals surface area (Å²) in [5.74, 6) is 0.374. The summed E-state index contributed by atoms with van der Waals surface area (Å²) in [6.07, 6.45) is 4.78. The number of aromatic nitrogens is 1. The van der Waals surface area contributed by atoms with Gasteiger partial charge >= 0.3 is 0 Å². The first-order valence-electron chi connectivity index (χ1n) is 8.61. The molecule has 0 aliphatic heterocycles. The Hall–Kier alpha value is -2.89. The molecule has 1 aromatic carbocycles. The Kier molecular flexibility index (Phi) is 7.61. The summed E-state index contributed by atoms with van der Waals surface area (Å²) in [4.78, 5) is 29.6. The van der Waals surface area contributed by atoms with Crippen LogP contribution in [0.3, 0.4) is 0 Å². The van der Waals surface area contributed by atoms with Gasteiger partial charge in [0.05, 0.1) is 7.11 Å². The number of methoxy groups -OCH3 is 1. The Labute approximate surface area is 154 Å². The minimum atomic E-state index is -0.251. The molecule has 0 atom stereocenters. The zero-order valence-electron chi connectivity index (χ0n) is 15.3. The SMILES string of the molecule is COc1ccc(CCNC(=O)CC(=O)N(C)CCc2ccncc2)cc1. The summed E-state index contributed by atoms with van der Waals surface area (Å²) in [5, 5.41) is 2.79. The Morgan fingerprint density at radius 2 is 1.69 bits per heavy atom. The molecule has 2 rings (SSSR count). The summed E-state index contributed by atoms with van der Waals surface area (Å²) in [6, 6.07) is 11.5. The highest BCUT2D eigenvalue weighted by Crippen LogP contribution is 2.11. The number of ether oxygens (including phenoxy) is 1. The molecule has 0 radical (unpaired) electrons. The monoisotopic (exact) mass is 355 g/mol. The second-order valence-electron chi connectivity index (χ2n) is 6.05. The third kappa shape index (κ3) is 6.55. The molecular weight excluding hydrogens is 330 g/mol. The first-order valence-corrected chi connectivity index (χ1v) is 8.61. The van der Waals surface area contributed by atoms with E-state index in [2.05, 4.69) is 10.3 Å². The molecule has 0 fully saturated rings. The molecule has 0 saturated carbocycles. The van der Waals surface area contributed by atoms with Gasteiger partial charge in [-0.05, 0) is 48.2 Å². The summed E-state index contributed by atoms with van der Waals surface area (Å²) in [5.41, 5.74) is 2.22. The molecule has 1 heterocycles. The van der Waals surface area contributed by atoms with Gasteiger partial charge in [0.15, 0.2) is 0 Å². The maximum Gasteiger partial charge on any atom is 0.231 e. The van der Waals surface area contributed by atoms with Crippen LogP contribution in [-0.4, -0.2) is 48.9 Å². The van der Waals surface area contributed by atoms with Crippen molar-refractivity contribution >= 4 is 11.8 Å². The molecule has 0 spiro atoms. The van der Waals surface area contributed by atoms with Crippen LogP contribution in [0.15, 0.2) is 48.8 Å². The molecular formula is C20H25N3O3. The van der Waals surface area contributed by atoms with E-state index in [1.807, 2.05) is 36.4 Å². The van der Waals surface area contributed by atoms with Crippen molar-refractivity contribution in [2.75, 3.05) is 27.2 Å². The normalized spacial score (nSPS) is 10.2. The lowest BCUT2D eigenvalue weighted by molar-refractivity contribution is -0.135. The van der Waals surface area contributed by atoms with Crippen LogP contribution < -0.4 is 10.1 Å². The van der Waals surface area contributed by atoms with Crippen LogP contribution in [0.1, 0.15) is 17.5 Å². The van der Waals surface area contributed by atoms with Crippen LogP contribution >= 0.6 is 0 Å². The number of carbonyl (C=O) groups excluding carboxylic acids is 2. The summed E-state index contributed by atoms with van der Waals surface area (Å²) in [7, 11) is 3.34. The lowest BCUT2D eigenvalue weighted by Crippen LogP contribution is -2.35. The molecule has 0 unspecified atom stereocenters. The number of benzene rings is 1. The van der Waals surface area contributed by atoms with Crippen LogP contribution in [0.25, 0.3) is 0 Å². The molecule has 0 saturated heterocycles. The first kappa shape index (κ1) is 19.4. The Balaban J connectivity index is 1.66. The highest BCUT2D eigenvalue weighted by Gasteiger charge is 2.13. The fraction of sp³-hybridized carbons (Fsp3) is 0.350. The van der Waals surface area contributed by atoms with E-state index in [4.69, 9.17) is 4.74 Å². The Morgan fingerprint density at radius 1 is 1.04 bits per heavy atom. The van der Waals surface area contributed by atoms with Gasteiger partial charge < -0.3 is 15.0 Å². The van der Waals surface area contributed by atoms with Crippen molar-refractivity contribution in [2.24, 2.45) is 0 Å². The Morgan fingerprint density at radius 3 is 2.35 bits per heavy atom. The van der Waals surface area contributed by atoms with Crippen LogP contribution in [0, 0.1) is 0 Å². The number of likely N-dealkylation sites (N-methyl/N-ethyl adjacent to an activating group) is 1. The molecule has 6 nitrogen and oxygen atoms in total. The van der Waals surface area contributed by atoms with Gasteiger partial charge in [-0.25, -0.2) is 0 Å². The highest BCUT2D eigenvalue weighted by atomic mass is 16.5. The molecule has 26 heavy (non-hydrogen) atoms. The van der Waals surface area contributed by atoms with Crippen molar-refractivity contribution in [1.29, 1.82) is 0 Å². The third-order valence-corrected chi connectivity index (χ3v) is 4.12. The van der Waals surface area contributed by atoms with E-state index in [-0.39, 0.29) is 18.2 Å². The minimum absolute atomic E-state index is 0.130. The maximum absolute atomic E-state index is 12.1. The van der Waals surface area contributed by atoms with E-state index in [9.17, 15) is 9.59 Å². The van der Waals surface area contributed by atoms with E-state index >= 15 is 0 Å². The number of hydrogen-bond donors (Lipinski definition) is 1. The maximum atomic E-state index is 12.1. The van der Waals surface area contributed by atoms with Gasteiger partial charge in [0.2, 0.25) is 11.8 Å². The molecule has 6 heteroatoms. The molecule has 0 aliphatic carbocycles. The van der Waals surface area contributed by atoms with Gasteiger partial charge in [-0.3, -0.25) is 14.6 Å². The molecule has 2 amide bonds. The van der Waals surface area contributed by atoms with Gasteiger partial charge in [0.1, 0.15) is 12.2 Å². The average Bonchev–Trinajstić information content (AvgIpc) is 2.67. The van der Waals surface area contributed by atoms with E-state index in [0.29, 0.717) is 19.5 Å². The van der Waals surface area contributed by atoms with E-state index in [1.54, 1.807) is 31.5 Å². The van der Waals surface area contributed by atoms with Crippen molar-refractivity contribution in [3.63, 3.8) is 0 Å². The van der Waals surface area contributed by atoms with Gasteiger partial charge in [0, 0.05) is 32.5 Å². The van der Waals surface area contributed by atoms with E-state index in [0.717, 1.165) is 23.3 Å². The number of hydrogen-bond acceptors (Lipinski definition) is 4. The number of amides is 2. The summed E-state index contributed by atoms with van der Waals surface area (Å²) < 4.78 is 5.11. The molecule has 0 bridgehead atoms. The van der Waals surface area contributed by atoms with Gasteiger partial charge in [-0.1, -0.05) is 12.1 Å². The second kappa shape index (κ2) is 10.2. The van der Waals surface area contributed by atoms with Crippen LogP contribution in [0.4, 0.5) is 0 Å². The lowest BCUT2D eigenvalue weighted by Gasteiger charge is -2.17. The topological polar surface area (TPSA) is 71.5 Å². The van der Waals surface area contributed by atoms with Gasteiger partial charge in [-0.2, -0.15) is 0 Å². The predicted molar refractivity (Wildman–Crippen MR) is 99.9 cm³/mol. The lowest BCUT2D eigenvalue weighted by atomic mass is 10.1. The van der Waals surface area contributed by atoms with Gasteiger partial charge in [0.25, 0.3) is 0 Å². The van der Waals surface area contributed by atoms with Crippen LogP contribution in [-0.2, 0) is 22.4 Å². The molecule has 1 aromatic heterocycles. The van der Waals surface area contributed by atoms with E-state index < -0.39 is 0 Å². The smallest absolute Gasteiger partial charge is 0.231 e. The zero-order valence-corrected chi connectivity index (χ0v) is 15.3. The van der Waals surface area contributed by atoms with Crippen LogP contribution in [0.5, 0.6) is 5.75 Å². The standard InChI is InChI=1S/C20H25N3O3/c1-23(14-10-17-7-11-21-12-8-17)20(25)15-19(24)22-13-9-16-3-5-18(26-2)6-4-16/h3-8,11-12H,9-10,13-15H2,1-2H3,(H,22,24). The largest absolute Gasteiger partial charge is 0.497 e. The first-order chi connectivity index (χ1) is 12.6. The molecule has 0 aliphatic rings. The second-order valence-corrected chi connectivity index (χ2v) is 6.05. The molecule has 138 valence electrons. The van der Waals surface area contributed by atoms with Crippen molar-refractivity contribution in [3.05, 3.63) is 59.9 Å². The number of nitrogens with zero attached hydrogens (tertiary/aromatic N) is 2. The molecule has 2 aromatic rings. The van der Waals surface area contributed by atoms with Crippen molar-refractivity contribution in [3.8, 4) is 5.75 Å². The van der Waals surface area contributed by atoms with Crippen molar-refractivity contribution in [1.82, 2.24) is 15.2 Å². The number of pyridine rings is 1. The fourth-order valence-electron chi connectivity index (χ4n) is 2.44. The van der Waals surface area contributed by atoms with E-state index in [1.165, 1.54) is 0 Å². The number of rotatable bonds is 9. The fourth-order valence-corrected chi connectivity index (χ4v) is 2.44. The quantitative estimate of drug-likeness (QED) is 0.697. The Bertz CT molecular complexity index is 702.